The summed E-state index contributed by atoms with van der Waals surface area (Å²) in [5, 5.41) is 2.88. The number of amides is 2. The standard InChI is InChI=1S/C32H44N2O4/c1-22-12-13-24-11-9-7-8-10-18-38-30(36)33-28(31(3,4)5)29(35)34-21-32(37-6,20-23(34)2)26-16-14-25(15-17-26)27(24)19-22/h12-17,19,23,28H,7-11,18,20-21H2,1-6H3,(H,33,36)/t23-,28-,32+/m1/s1. The van der Waals surface area contributed by atoms with Gasteiger partial charge in [-0.05, 0) is 60.8 Å². The first-order chi connectivity index (χ1) is 18.0. The number of carbonyl (C=O) groups excluding carboxylic acids is 2. The molecule has 3 aliphatic rings. The van der Waals surface area contributed by atoms with Crippen LogP contribution >= 0.6 is 0 Å². The summed E-state index contributed by atoms with van der Waals surface area (Å²) in [4.78, 5) is 28.4. The number of aryl methyl sites for hydroxylation is 2. The molecule has 6 heteroatoms. The first kappa shape index (κ1) is 28.2. The van der Waals surface area contributed by atoms with E-state index in [-0.39, 0.29) is 11.9 Å². The van der Waals surface area contributed by atoms with Gasteiger partial charge in [0.2, 0.25) is 5.91 Å². The van der Waals surface area contributed by atoms with Crippen LogP contribution in [0.1, 0.15) is 76.5 Å². The zero-order chi connectivity index (χ0) is 27.5. The summed E-state index contributed by atoms with van der Waals surface area (Å²) in [5.74, 6) is -0.101. The fourth-order valence-electron chi connectivity index (χ4n) is 5.89. The van der Waals surface area contributed by atoms with Gasteiger partial charge < -0.3 is 19.7 Å². The molecule has 0 aliphatic carbocycles. The average molecular weight is 521 g/mol. The molecular formula is C32H44N2O4. The van der Waals surface area contributed by atoms with E-state index in [1.807, 2.05) is 25.7 Å². The van der Waals surface area contributed by atoms with Crippen LogP contribution < -0.4 is 5.32 Å². The summed E-state index contributed by atoms with van der Waals surface area (Å²) in [5.41, 5.74) is 5.07. The SMILES string of the molecule is CO[C@@]12C[C@@H](C)N(C1)C(=O)[C@H](C(C)(C)C)NC(=O)OCCCCCCc1ccc(C)cc1-c1ccc2cc1. The Morgan fingerprint density at radius 1 is 1.03 bits per heavy atom. The normalized spacial score (nSPS) is 25.5. The van der Waals surface area contributed by atoms with Crippen LogP contribution in [0.15, 0.2) is 42.5 Å². The number of nitrogens with zero attached hydrogens (tertiary/aromatic N) is 1. The molecule has 5 rings (SSSR count). The Bertz CT molecular complexity index is 1140. The van der Waals surface area contributed by atoms with E-state index >= 15 is 0 Å². The predicted molar refractivity (Wildman–Crippen MR) is 151 cm³/mol. The summed E-state index contributed by atoms with van der Waals surface area (Å²) in [6.45, 7) is 10.9. The molecule has 3 heterocycles. The molecule has 3 atom stereocenters. The number of fused-ring (bicyclic) bond motifs is 12. The molecule has 0 unspecified atom stereocenters. The zero-order valence-electron chi connectivity index (χ0n) is 23.9. The molecule has 4 bridgehead atoms. The lowest BCUT2D eigenvalue weighted by Gasteiger charge is -2.35. The Morgan fingerprint density at radius 2 is 1.74 bits per heavy atom. The van der Waals surface area contributed by atoms with Gasteiger partial charge in [-0.15, -0.1) is 0 Å². The minimum absolute atomic E-state index is 0.0396. The number of hydrogen-bond donors (Lipinski definition) is 1. The van der Waals surface area contributed by atoms with E-state index in [0.717, 1.165) is 37.7 Å². The van der Waals surface area contributed by atoms with Crippen LogP contribution in [-0.4, -0.2) is 49.2 Å². The van der Waals surface area contributed by atoms with E-state index in [0.29, 0.717) is 19.6 Å². The predicted octanol–water partition coefficient (Wildman–Crippen LogP) is 6.38. The lowest BCUT2D eigenvalue weighted by atomic mass is 9.85. The van der Waals surface area contributed by atoms with Crippen LogP contribution in [0, 0.1) is 12.3 Å². The Hall–Kier alpha value is -2.86. The molecule has 1 fully saturated rings. The number of methoxy groups -OCH3 is 1. The summed E-state index contributed by atoms with van der Waals surface area (Å²) in [6, 6.07) is 14.7. The summed E-state index contributed by atoms with van der Waals surface area (Å²) in [7, 11) is 1.72. The van der Waals surface area contributed by atoms with Gasteiger partial charge in [0, 0.05) is 19.6 Å². The van der Waals surface area contributed by atoms with Crippen molar-refractivity contribution < 1.29 is 19.1 Å². The van der Waals surface area contributed by atoms with Crippen molar-refractivity contribution in [2.45, 2.75) is 90.8 Å². The molecule has 1 saturated heterocycles. The average Bonchev–Trinajstić information content (AvgIpc) is 3.23. The van der Waals surface area contributed by atoms with Gasteiger partial charge in [-0.1, -0.05) is 81.6 Å². The summed E-state index contributed by atoms with van der Waals surface area (Å²) < 4.78 is 11.6. The number of rotatable bonds is 1. The molecule has 0 spiro atoms. The van der Waals surface area contributed by atoms with Crippen molar-refractivity contribution in [1.82, 2.24) is 10.2 Å². The van der Waals surface area contributed by atoms with Crippen LogP contribution in [0.3, 0.4) is 0 Å². The number of benzene rings is 2. The second-order valence-electron chi connectivity index (χ2n) is 12.2. The van der Waals surface area contributed by atoms with Gasteiger partial charge in [-0.3, -0.25) is 4.79 Å². The Labute approximate surface area is 228 Å². The van der Waals surface area contributed by atoms with E-state index in [2.05, 4.69) is 61.6 Å². The number of hydrogen-bond acceptors (Lipinski definition) is 4. The third-order valence-corrected chi connectivity index (χ3v) is 8.19. The van der Waals surface area contributed by atoms with Crippen molar-refractivity contribution in [3.63, 3.8) is 0 Å². The van der Waals surface area contributed by atoms with Crippen molar-refractivity contribution in [2.24, 2.45) is 5.41 Å². The molecule has 2 aromatic rings. The Kier molecular flexibility index (Phi) is 8.51. The Balaban J connectivity index is 1.71. The highest BCUT2D eigenvalue weighted by Crippen LogP contribution is 2.41. The molecular weight excluding hydrogens is 476 g/mol. The van der Waals surface area contributed by atoms with Gasteiger partial charge >= 0.3 is 6.09 Å². The van der Waals surface area contributed by atoms with Crippen LogP contribution in [0.2, 0.25) is 0 Å². The largest absolute Gasteiger partial charge is 0.450 e. The van der Waals surface area contributed by atoms with Crippen LogP contribution in [0.5, 0.6) is 0 Å². The fraction of sp³-hybridized carbons (Fsp3) is 0.562. The molecule has 0 saturated carbocycles. The molecule has 206 valence electrons. The topological polar surface area (TPSA) is 67.9 Å². The van der Waals surface area contributed by atoms with Gasteiger partial charge in [0.05, 0.1) is 13.2 Å². The lowest BCUT2D eigenvalue weighted by Crippen LogP contribution is -2.56. The molecule has 0 aromatic heterocycles. The van der Waals surface area contributed by atoms with E-state index < -0.39 is 23.2 Å². The minimum Gasteiger partial charge on any atom is -0.450 e. The van der Waals surface area contributed by atoms with E-state index in [1.165, 1.54) is 22.3 Å². The molecule has 3 aliphatic heterocycles. The third kappa shape index (κ3) is 6.06. The second kappa shape index (κ2) is 11.5. The Morgan fingerprint density at radius 3 is 2.42 bits per heavy atom. The van der Waals surface area contributed by atoms with Crippen molar-refractivity contribution >= 4 is 12.0 Å². The van der Waals surface area contributed by atoms with Crippen molar-refractivity contribution in [3.8, 4) is 11.1 Å². The van der Waals surface area contributed by atoms with Gasteiger partial charge in [-0.2, -0.15) is 0 Å². The second-order valence-corrected chi connectivity index (χ2v) is 12.2. The highest BCUT2D eigenvalue weighted by atomic mass is 16.5. The molecule has 1 N–H and O–H groups in total. The molecule has 0 radical (unpaired) electrons. The van der Waals surface area contributed by atoms with Gasteiger partial charge in [-0.25, -0.2) is 4.79 Å². The maximum absolute atomic E-state index is 13.9. The zero-order valence-corrected chi connectivity index (χ0v) is 23.9. The summed E-state index contributed by atoms with van der Waals surface area (Å²) in [6.07, 6.45) is 5.13. The quantitative estimate of drug-likeness (QED) is 0.474. The van der Waals surface area contributed by atoms with Crippen molar-refractivity contribution in [1.29, 1.82) is 0 Å². The van der Waals surface area contributed by atoms with Crippen LogP contribution in [-0.2, 0) is 26.3 Å². The maximum atomic E-state index is 13.9. The van der Waals surface area contributed by atoms with E-state index in [9.17, 15) is 9.59 Å². The molecule has 6 nitrogen and oxygen atoms in total. The van der Waals surface area contributed by atoms with Crippen molar-refractivity contribution in [2.75, 3.05) is 20.3 Å². The van der Waals surface area contributed by atoms with Gasteiger partial charge in [0.25, 0.3) is 0 Å². The van der Waals surface area contributed by atoms with Gasteiger partial charge in [0.15, 0.2) is 0 Å². The fourth-order valence-corrected chi connectivity index (χ4v) is 5.89. The third-order valence-electron chi connectivity index (χ3n) is 8.19. The van der Waals surface area contributed by atoms with Crippen molar-refractivity contribution in [3.05, 3.63) is 59.2 Å². The summed E-state index contributed by atoms with van der Waals surface area (Å²) >= 11 is 0. The molecule has 2 amide bonds. The van der Waals surface area contributed by atoms with Crippen LogP contribution in [0.4, 0.5) is 4.79 Å². The smallest absolute Gasteiger partial charge is 0.407 e. The number of nitrogens with one attached hydrogen (secondary N) is 1. The minimum atomic E-state index is -0.696. The number of carbonyl (C=O) groups is 2. The highest BCUT2D eigenvalue weighted by Gasteiger charge is 2.48. The highest BCUT2D eigenvalue weighted by molar-refractivity contribution is 5.87. The maximum Gasteiger partial charge on any atom is 0.407 e. The number of ether oxygens (including phenoxy) is 2. The lowest BCUT2D eigenvalue weighted by molar-refractivity contribution is -0.137. The molecule has 38 heavy (non-hydrogen) atoms. The number of alkyl carbamates (subject to hydrolysis) is 1. The first-order valence-electron chi connectivity index (χ1n) is 14.0. The first-order valence-corrected chi connectivity index (χ1v) is 14.0. The molecule has 2 aromatic carbocycles. The van der Waals surface area contributed by atoms with E-state index in [4.69, 9.17) is 9.47 Å². The monoisotopic (exact) mass is 520 g/mol. The van der Waals surface area contributed by atoms with E-state index in [1.54, 1.807) is 7.11 Å². The van der Waals surface area contributed by atoms with Gasteiger partial charge in [0.1, 0.15) is 11.6 Å². The van der Waals surface area contributed by atoms with Crippen LogP contribution in [0.25, 0.3) is 11.1 Å².